The van der Waals surface area contributed by atoms with E-state index in [9.17, 15) is 23.3 Å². The van der Waals surface area contributed by atoms with E-state index in [1.165, 1.54) is 23.9 Å². The average molecular weight is 609 g/mol. The molecule has 0 saturated carbocycles. The van der Waals surface area contributed by atoms with E-state index in [-0.39, 0.29) is 17.9 Å². The molecule has 2 aliphatic rings. The number of hydrogen-bond donors (Lipinski definition) is 0. The molecular formula is C32H31F3N4O5. The second-order valence-electron chi connectivity index (χ2n) is 11.1. The molecule has 1 atom stereocenters. The number of imidazole rings is 1. The van der Waals surface area contributed by atoms with Crippen LogP contribution in [0.3, 0.4) is 0 Å². The predicted octanol–water partition coefficient (Wildman–Crippen LogP) is 7.29. The highest BCUT2D eigenvalue weighted by molar-refractivity contribution is 5.49. The van der Waals surface area contributed by atoms with Gasteiger partial charge in [-0.25, -0.2) is 0 Å². The van der Waals surface area contributed by atoms with Gasteiger partial charge < -0.3 is 29.2 Å². The first kappa shape index (κ1) is 29.3. The van der Waals surface area contributed by atoms with Crippen LogP contribution in [0.1, 0.15) is 30.4 Å². The maximum absolute atomic E-state index is 12.8. The van der Waals surface area contributed by atoms with Crippen molar-refractivity contribution in [2.24, 2.45) is 5.92 Å². The Bertz CT molecular complexity index is 1570. The van der Waals surface area contributed by atoms with Gasteiger partial charge in [-0.05, 0) is 96.3 Å². The minimum absolute atomic E-state index is 0.220. The third kappa shape index (κ3) is 7.07. The van der Waals surface area contributed by atoms with Crippen LogP contribution in [0.5, 0.6) is 23.3 Å². The summed E-state index contributed by atoms with van der Waals surface area (Å²) < 4.78 is 57.4. The first-order chi connectivity index (χ1) is 21.2. The molecule has 44 heavy (non-hydrogen) atoms. The summed E-state index contributed by atoms with van der Waals surface area (Å²) in [5, 5.41) is 10.9. The number of piperidine rings is 1. The van der Waals surface area contributed by atoms with Gasteiger partial charge in [0.15, 0.2) is 0 Å². The third-order valence-corrected chi connectivity index (χ3v) is 8.00. The van der Waals surface area contributed by atoms with Crippen LogP contribution in [-0.4, -0.2) is 40.3 Å². The van der Waals surface area contributed by atoms with Crippen molar-refractivity contribution < 1.29 is 32.3 Å². The van der Waals surface area contributed by atoms with E-state index in [4.69, 9.17) is 14.2 Å². The highest BCUT2D eigenvalue weighted by atomic mass is 19.4. The van der Waals surface area contributed by atoms with Crippen LogP contribution in [-0.2, 0) is 19.1 Å². The SMILES string of the molecule is O=[N+]([O-])c1cn2c(n1)OC(COc1ccc(N3CCC(Cc4ccc(Oc5ccc(C(F)(F)F)cc5)cc4)CC3)cc1)CC2. The van der Waals surface area contributed by atoms with Crippen LogP contribution in [0.2, 0.25) is 0 Å². The third-order valence-electron chi connectivity index (χ3n) is 8.00. The van der Waals surface area contributed by atoms with Gasteiger partial charge >= 0.3 is 18.0 Å². The number of rotatable bonds is 9. The largest absolute Gasteiger partial charge is 0.490 e. The van der Waals surface area contributed by atoms with Crippen molar-refractivity contribution in [1.29, 1.82) is 0 Å². The van der Waals surface area contributed by atoms with Gasteiger partial charge in [0.1, 0.15) is 36.2 Å². The highest BCUT2D eigenvalue weighted by Gasteiger charge is 2.30. The van der Waals surface area contributed by atoms with Gasteiger partial charge in [0, 0.05) is 36.7 Å². The number of anilines is 1. The van der Waals surface area contributed by atoms with E-state index in [0.717, 1.165) is 55.9 Å². The number of nitrogens with zero attached hydrogens (tertiary/aromatic N) is 4. The molecular weight excluding hydrogens is 577 g/mol. The average Bonchev–Trinajstić information content (AvgIpc) is 3.46. The van der Waals surface area contributed by atoms with Crippen molar-refractivity contribution >= 4 is 11.5 Å². The molecule has 0 amide bonds. The molecule has 9 nitrogen and oxygen atoms in total. The van der Waals surface area contributed by atoms with Crippen molar-refractivity contribution in [2.45, 2.75) is 44.5 Å². The summed E-state index contributed by atoms with van der Waals surface area (Å²) in [6.07, 6.45) is 0.548. The van der Waals surface area contributed by atoms with Crippen LogP contribution in [0, 0.1) is 16.0 Å². The van der Waals surface area contributed by atoms with Crippen molar-refractivity contribution in [3.8, 4) is 23.3 Å². The van der Waals surface area contributed by atoms with Crippen molar-refractivity contribution in [2.75, 3.05) is 24.6 Å². The van der Waals surface area contributed by atoms with E-state index in [2.05, 4.69) is 22.0 Å². The molecule has 1 aromatic heterocycles. The molecule has 0 radical (unpaired) electrons. The molecule has 0 bridgehead atoms. The minimum Gasteiger partial charge on any atom is -0.490 e. The molecule has 230 valence electrons. The number of alkyl halides is 3. The Labute approximate surface area is 251 Å². The molecule has 3 heterocycles. The van der Waals surface area contributed by atoms with Crippen LogP contribution < -0.4 is 19.1 Å². The number of fused-ring (bicyclic) bond motifs is 1. The Kier molecular flexibility index (Phi) is 8.32. The van der Waals surface area contributed by atoms with Crippen LogP contribution in [0.15, 0.2) is 79.0 Å². The van der Waals surface area contributed by atoms with Crippen molar-refractivity contribution in [1.82, 2.24) is 9.55 Å². The lowest BCUT2D eigenvalue weighted by Gasteiger charge is -2.34. The molecule has 2 aliphatic heterocycles. The van der Waals surface area contributed by atoms with E-state index in [0.29, 0.717) is 37.0 Å². The first-order valence-electron chi connectivity index (χ1n) is 14.5. The fraction of sp³-hybridized carbons (Fsp3) is 0.344. The molecule has 1 unspecified atom stereocenters. The number of aromatic nitrogens is 2. The number of hydrogen-bond acceptors (Lipinski definition) is 7. The smallest absolute Gasteiger partial charge is 0.416 e. The summed E-state index contributed by atoms with van der Waals surface area (Å²) in [6.45, 7) is 2.82. The van der Waals surface area contributed by atoms with E-state index >= 15 is 0 Å². The van der Waals surface area contributed by atoms with Crippen molar-refractivity contribution in [3.63, 3.8) is 0 Å². The van der Waals surface area contributed by atoms with Gasteiger partial charge in [-0.15, -0.1) is 0 Å². The Balaban J connectivity index is 0.933. The zero-order chi connectivity index (χ0) is 30.7. The standard InChI is InChI=1S/C32H31F3N4O5/c33-32(34,35)24-3-9-28(10-4-24)43-27-7-1-22(2-8-27)19-23-13-16-37(17-14-23)25-5-11-26(12-6-25)42-21-29-15-18-38-20-30(39(40)41)36-31(38)44-29/h1-12,20,23,29H,13-19,21H2. The fourth-order valence-corrected chi connectivity index (χ4v) is 5.55. The predicted molar refractivity (Wildman–Crippen MR) is 156 cm³/mol. The van der Waals surface area contributed by atoms with Gasteiger partial charge in [0.05, 0.1) is 5.56 Å². The van der Waals surface area contributed by atoms with Gasteiger partial charge in [-0.3, -0.25) is 4.57 Å². The molecule has 1 saturated heterocycles. The van der Waals surface area contributed by atoms with Crippen LogP contribution in [0.25, 0.3) is 0 Å². The summed E-state index contributed by atoms with van der Waals surface area (Å²) in [4.78, 5) is 16.7. The second-order valence-corrected chi connectivity index (χ2v) is 11.1. The molecule has 3 aromatic carbocycles. The van der Waals surface area contributed by atoms with E-state index < -0.39 is 16.7 Å². The maximum Gasteiger partial charge on any atom is 0.416 e. The lowest BCUT2D eigenvalue weighted by molar-refractivity contribution is -0.389. The van der Waals surface area contributed by atoms with Gasteiger partial charge in [-0.1, -0.05) is 12.1 Å². The van der Waals surface area contributed by atoms with Crippen LogP contribution in [0.4, 0.5) is 24.7 Å². The molecule has 0 N–H and O–H groups in total. The molecule has 6 rings (SSSR count). The summed E-state index contributed by atoms with van der Waals surface area (Å²) in [5.41, 5.74) is 1.64. The lowest BCUT2D eigenvalue weighted by Crippen LogP contribution is -2.34. The molecule has 1 fully saturated rings. The molecule has 0 spiro atoms. The second kappa shape index (κ2) is 12.5. The zero-order valence-corrected chi connectivity index (χ0v) is 23.8. The quantitative estimate of drug-likeness (QED) is 0.146. The maximum atomic E-state index is 12.8. The monoisotopic (exact) mass is 608 g/mol. The molecule has 4 aromatic rings. The number of benzene rings is 3. The normalized spacial score (nSPS) is 17.1. The zero-order valence-electron chi connectivity index (χ0n) is 23.8. The Morgan fingerprint density at radius 2 is 1.52 bits per heavy atom. The van der Waals surface area contributed by atoms with Crippen molar-refractivity contribution in [3.05, 3.63) is 100 Å². The Morgan fingerprint density at radius 1 is 0.886 bits per heavy atom. The van der Waals surface area contributed by atoms with E-state index in [1.54, 1.807) is 4.57 Å². The van der Waals surface area contributed by atoms with Gasteiger partial charge in [0.2, 0.25) is 0 Å². The number of nitro groups is 1. The number of aryl methyl sites for hydroxylation is 1. The Morgan fingerprint density at radius 3 is 2.16 bits per heavy atom. The lowest BCUT2D eigenvalue weighted by atomic mass is 9.90. The number of ether oxygens (including phenoxy) is 3. The van der Waals surface area contributed by atoms with E-state index in [1.807, 2.05) is 36.4 Å². The van der Waals surface area contributed by atoms with Gasteiger partial charge in [-0.2, -0.15) is 13.2 Å². The van der Waals surface area contributed by atoms with Crippen LogP contribution >= 0.6 is 0 Å². The summed E-state index contributed by atoms with van der Waals surface area (Å²) in [5.74, 6) is 2.02. The number of halogens is 3. The first-order valence-corrected chi connectivity index (χ1v) is 14.5. The van der Waals surface area contributed by atoms with Gasteiger partial charge in [0.25, 0.3) is 0 Å². The highest BCUT2D eigenvalue weighted by Crippen LogP contribution is 2.32. The molecule has 0 aliphatic carbocycles. The fourth-order valence-electron chi connectivity index (χ4n) is 5.55. The topological polar surface area (TPSA) is 91.9 Å². The summed E-state index contributed by atoms with van der Waals surface area (Å²) in [7, 11) is 0. The summed E-state index contributed by atoms with van der Waals surface area (Å²) >= 11 is 0. The summed E-state index contributed by atoms with van der Waals surface area (Å²) in [6, 6.07) is 20.7. The molecule has 12 heteroatoms. The minimum atomic E-state index is -4.37. The Hall–Kier alpha value is -4.74.